The molecule has 0 aliphatic carbocycles. The number of carbonyl (C=O) groups is 1. The summed E-state index contributed by atoms with van der Waals surface area (Å²) in [6.45, 7) is 2.96. The maximum Gasteiger partial charge on any atom is 0.352 e. The Balaban J connectivity index is 1.95. The maximum absolute atomic E-state index is 13.8. The van der Waals surface area contributed by atoms with Crippen LogP contribution in [0, 0.1) is 5.82 Å². The molecule has 1 aromatic rings. The van der Waals surface area contributed by atoms with Gasteiger partial charge in [0.2, 0.25) is 0 Å². The normalized spacial score (nSPS) is 22.1. The fourth-order valence-corrected chi connectivity index (χ4v) is 3.76. The number of amidine groups is 1. The number of fused-ring (bicyclic) bond motifs is 1. The molecule has 128 valence electrons. The maximum atomic E-state index is 13.8. The van der Waals surface area contributed by atoms with Crippen molar-refractivity contribution in [2.75, 3.05) is 13.1 Å². The fourth-order valence-electron chi connectivity index (χ4n) is 3.07. The summed E-state index contributed by atoms with van der Waals surface area (Å²) in [6, 6.07) is 2.08. The Kier molecular flexibility index (Phi) is 4.76. The first-order valence-electron chi connectivity index (χ1n) is 7.39. The number of nitrogens with one attached hydrogen (secondary N) is 1. The lowest BCUT2D eigenvalue weighted by molar-refractivity contribution is -0.129. The van der Waals surface area contributed by atoms with Gasteiger partial charge in [-0.25, -0.2) is 9.18 Å². The van der Waals surface area contributed by atoms with Crippen LogP contribution in [0.2, 0.25) is 10.0 Å². The van der Waals surface area contributed by atoms with Crippen molar-refractivity contribution < 1.29 is 14.3 Å². The third-order valence-corrected chi connectivity index (χ3v) is 5.00. The summed E-state index contributed by atoms with van der Waals surface area (Å²) >= 11 is 12.3. The molecule has 24 heavy (non-hydrogen) atoms. The summed E-state index contributed by atoms with van der Waals surface area (Å²) in [5.41, 5.74) is 3.21. The Morgan fingerprint density at radius 2 is 2.25 bits per heavy atom. The Morgan fingerprint density at radius 1 is 1.50 bits per heavy atom. The largest absolute Gasteiger partial charge is 0.477 e. The minimum atomic E-state index is -1.08. The smallest absolute Gasteiger partial charge is 0.352 e. The zero-order valence-corrected chi connectivity index (χ0v) is 14.3. The van der Waals surface area contributed by atoms with E-state index in [4.69, 9.17) is 23.2 Å². The van der Waals surface area contributed by atoms with Crippen molar-refractivity contribution in [3.63, 3.8) is 0 Å². The van der Waals surface area contributed by atoms with Gasteiger partial charge in [0.1, 0.15) is 17.4 Å². The second-order valence-electron chi connectivity index (χ2n) is 5.63. The Bertz CT molecular complexity index is 753. The van der Waals surface area contributed by atoms with E-state index < -0.39 is 11.8 Å². The molecule has 0 radical (unpaired) electrons. The second kappa shape index (κ2) is 6.66. The first kappa shape index (κ1) is 17.1. The van der Waals surface area contributed by atoms with Crippen LogP contribution in [0.25, 0.3) is 0 Å². The average molecular weight is 373 g/mol. The first-order valence-corrected chi connectivity index (χ1v) is 8.15. The third kappa shape index (κ3) is 2.99. The second-order valence-corrected chi connectivity index (χ2v) is 6.42. The van der Waals surface area contributed by atoms with Crippen molar-refractivity contribution in [1.82, 2.24) is 10.3 Å². The van der Waals surface area contributed by atoms with Gasteiger partial charge in [-0.2, -0.15) is 5.10 Å². The molecule has 3 rings (SSSR count). The van der Waals surface area contributed by atoms with Crippen LogP contribution >= 0.6 is 23.2 Å². The van der Waals surface area contributed by atoms with Crippen molar-refractivity contribution in [1.29, 1.82) is 0 Å². The highest BCUT2D eigenvalue weighted by Gasteiger charge is 2.37. The van der Waals surface area contributed by atoms with Crippen molar-refractivity contribution in [3.8, 4) is 0 Å². The van der Waals surface area contributed by atoms with Crippen LogP contribution in [0.5, 0.6) is 0 Å². The van der Waals surface area contributed by atoms with E-state index in [0.29, 0.717) is 29.5 Å². The quantitative estimate of drug-likeness (QED) is 0.799. The molecular weight excluding hydrogens is 358 g/mol. The molecule has 0 amide bonds. The summed E-state index contributed by atoms with van der Waals surface area (Å²) in [7, 11) is 0. The topological polar surface area (TPSA) is 77.3 Å². The SMILES string of the molecule is CC(c1c(Cl)ccc(F)c1Cl)N1CCN=C2NN=C(C(=O)O)CC21. The summed E-state index contributed by atoms with van der Waals surface area (Å²) in [5, 5.41) is 13.4. The summed E-state index contributed by atoms with van der Waals surface area (Å²) < 4.78 is 13.8. The molecule has 1 aromatic carbocycles. The van der Waals surface area contributed by atoms with Crippen LogP contribution < -0.4 is 5.43 Å². The minimum Gasteiger partial charge on any atom is -0.477 e. The van der Waals surface area contributed by atoms with Gasteiger partial charge in [-0.15, -0.1) is 0 Å². The summed E-state index contributed by atoms with van der Waals surface area (Å²) in [4.78, 5) is 17.6. The molecule has 9 heteroatoms. The molecule has 0 spiro atoms. The number of nitrogens with zero attached hydrogens (tertiary/aromatic N) is 3. The third-order valence-electron chi connectivity index (χ3n) is 4.29. The van der Waals surface area contributed by atoms with Crippen LogP contribution in [-0.2, 0) is 4.79 Å². The standard InChI is InChI=1S/C15H15Cl2FN4O2/c1-7(12-8(16)2-3-9(18)13(12)17)22-5-4-19-14-11(22)6-10(15(23)24)20-21-14/h2-3,7,11H,4-6H2,1H3,(H,19,21)(H,23,24). The van der Waals surface area contributed by atoms with E-state index in [2.05, 4.69) is 15.5 Å². The number of rotatable bonds is 3. The number of aliphatic carboxylic acids is 1. The van der Waals surface area contributed by atoms with E-state index in [1.165, 1.54) is 12.1 Å². The van der Waals surface area contributed by atoms with Crippen molar-refractivity contribution in [2.24, 2.45) is 10.1 Å². The number of hydrogen-bond acceptors (Lipinski definition) is 5. The minimum absolute atomic E-state index is 0.0186. The molecule has 0 fully saturated rings. The molecule has 0 saturated heterocycles. The van der Waals surface area contributed by atoms with E-state index in [0.717, 1.165) is 0 Å². The summed E-state index contributed by atoms with van der Waals surface area (Å²) in [6.07, 6.45) is 0.204. The van der Waals surface area contributed by atoms with Crippen molar-refractivity contribution in [2.45, 2.75) is 25.4 Å². The zero-order chi connectivity index (χ0) is 17.4. The van der Waals surface area contributed by atoms with Gasteiger partial charge in [-0.05, 0) is 19.1 Å². The lowest BCUT2D eigenvalue weighted by Gasteiger charge is -2.41. The number of aliphatic imine (C=N–C) groups is 1. The van der Waals surface area contributed by atoms with Crippen LogP contribution in [-0.4, -0.2) is 46.7 Å². The van der Waals surface area contributed by atoms with Gasteiger partial charge in [0.15, 0.2) is 0 Å². The molecule has 2 aliphatic rings. The van der Waals surface area contributed by atoms with E-state index in [9.17, 15) is 14.3 Å². The predicted molar refractivity (Wildman–Crippen MR) is 90.5 cm³/mol. The van der Waals surface area contributed by atoms with Crippen LogP contribution in [0.3, 0.4) is 0 Å². The van der Waals surface area contributed by atoms with E-state index in [1.807, 2.05) is 11.8 Å². The van der Waals surface area contributed by atoms with Gasteiger partial charge in [0.25, 0.3) is 0 Å². The van der Waals surface area contributed by atoms with Gasteiger partial charge in [-0.3, -0.25) is 15.3 Å². The highest BCUT2D eigenvalue weighted by Crippen LogP contribution is 2.37. The lowest BCUT2D eigenvalue weighted by Crippen LogP contribution is -2.55. The highest BCUT2D eigenvalue weighted by molar-refractivity contribution is 6.37. The Hall–Kier alpha value is -1.70. The number of carboxylic acids is 1. The Labute approximate surface area is 148 Å². The average Bonchev–Trinajstić information content (AvgIpc) is 2.57. The molecule has 0 aromatic heterocycles. The van der Waals surface area contributed by atoms with E-state index in [1.54, 1.807) is 0 Å². The molecule has 6 nitrogen and oxygen atoms in total. The van der Waals surface area contributed by atoms with Gasteiger partial charge in [0, 0.05) is 29.6 Å². The van der Waals surface area contributed by atoms with Gasteiger partial charge >= 0.3 is 5.97 Å². The van der Waals surface area contributed by atoms with E-state index in [-0.39, 0.29) is 29.2 Å². The number of hydrogen-bond donors (Lipinski definition) is 2. The van der Waals surface area contributed by atoms with Crippen LogP contribution in [0.1, 0.15) is 24.9 Å². The number of halogens is 3. The fraction of sp³-hybridized carbons (Fsp3) is 0.400. The molecule has 2 aliphatic heterocycles. The predicted octanol–water partition coefficient (Wildman–Crippen LogP) is 2.71. The monoisotopic (exact) mass is 372 g/mol. The molecule has 0 bridgehead atoms. The van der Waals surface area contributed by atoms with Gasteiger partial charge in [0.05, 0.1) is 17.6 Å². The van der Waals surface area contributed by atoms with Crippen LogP contribution in [0.4, 0.5) is 4.39 Å². The van der Waals surface area contributed by atoms with Crippen molar-refractivity contribution >= 4 is 40.7 Å². The van der Waals surface area contributed by atoms with Gasteiger partial charge < -0.3 is 5.11 Å². The zero-order valence-electron chi connectivity index (χ0n) is 12.8. The molecule has 2 atom stereocenters. The number of hydrazone groups is 1. The lowest BCUT2D eigenvalue weighted by atomic mass is 9.98. The van der Waals surface area contributed by atoms with Crippen molar-refractivity contribution in [3.05, 3.63) is 33.6 Å². The molecule has 2 N–H and O–H groups in total. The Morgan fingerprint density at radius 3 is 2.96 bits per heavy atom. The highest BCUT2D eigenvalue weighted by atomic mass is 35.5. The number of carboxylic acid groups (broad SMARTS) is 1. The molecule has 0 saturated carbocycles. The first-order chi connectivity index (χ1) is 11.4. The molecular formula is C15H15Cl2FN4O2. The number of benzene rings is 1. The summed E-state index contributed by atoms with van der Waals surface area (Å²) in [5.74, 6) is -1.02. The van der Waals surface area contributed by atoms with E-state index >= 15 is 0 Å². The van der Waals surface area contributed by atoms with Crippen LogP contribution in [0.15, 0.2) is 22.2 Å². The molecule has 2 heterocycles. The van der Waals surface area contributed by atoms with Gasteiger partial charge in [-0.1, -0.05) is 23.2 Å². The molecule has 2 unspecified atom stereocenters.